The van der Waals surface area contributed by atoms with Gasteiger partial charge in [-0.25, -0.2) is 0 Å². The number of rotatable bonds is 4. The van der Waals surface area contributed by atoms with Gasteiger partial charge in [-0.2, -0.15) is 0 Å². The van der Waals surface area contributed by atoms with Gasteiger partial charge in [-0.3, -0.25) is 4.79 Å². The molecule has 78 valence electrons. The summed E-state index contributed by atoms with van der Waals surface area (Å²) in [7, 11) is 0. The number of hydrogen-bond acceptors (Lipinski definition) is 3. The maximum atomic E-state index is 11.6. The molecule has 1 atom stereocenters. The number of hydrogen-bond donors (Lipinski definition) is 2. The summed E-state index contributed by atoms with van der Waals surface area (Å²) < 4.78 is 0. The zero-order chi connectivity index (χ0) is 10.6. The highest BCUT2D eigenvalue weighted by atomic mass is 35.5. The third-order valence-corrected chi connectivity index (χ3v) is 3.28. The smallest absolute Gasteiger partial charge is 0.263 e. The van der Waals surface area contributed by atoms with Crippen LogP contribution in [0.15, 0.2) is 11.4 Å². The van der Waals surface area contributed by atoms with Crippen molar-refractivity contribution in [2.24, 2.45) is 5.73 Å². The van der Waals surface area contributed by atoms with Crippen LogP contribution in [-0.2, 0) is 0 Å². The summed E-state index contributed by atoms with van der Waals surface area (Å²) in [5.41, 5.74) is 5.48. The second-order valence-electron chi connectivity index (χ2n) is 2.91. The molecule has 1 amide bonds. The molecule has 0 aromatic carbocycles. The number of amides is 1. The predicted octanol–water partition coefficient (Wildman–Crippen LogP) is 1.87. The van der Waals surface area contributed by atoms with Gasteiger partial charge in [0.25, 0.3) is 5.91 Å². The van der Waals surface area contributed by atoms with Gasteiger partial charge >= 0.3 is 0 Å². The van der Waals surface area contributed by atoms with E-state index in [0.29, 0.717) is 16.4 Å². The Hall–Kier alpha value is -0.580. The molecule has 0 aliphatic heterocycles. The van der Waals surface area contributed by atoms with Crippen LogP contribution >= 0.6 is 22.9 Å². The van der Waals surface area contributed by atoms with Crippen LogP contribution in [0.25, 0.3) is 0 Å². The zero-order valence-electron chi connectivity index (χ0n) is 7.92. The third kappa shape index (κ3) is 2.70. The Bertz CT molecular complexity index is 310. The molecular weight excluding hydrogens is 220 g/mol. The molecule has 0 fully saturated rings. The van der Waals surface area contributed by atoms with Crippen molar-refractivity contribution in [2.75, 3.05) is 6.54 Å². The molecule has 5 heteroatoms. The standard InChI is InChI=1S/C9H13ClN2OS/c1-2-6(5-11)12-9(13)8-7(10)3-4-14-8/h3-4,6H,2,5,11H2,1H3,(H,12,13). The SMILES string of the molecule is CCC(CN)NC(=O)c1sccc1Cl. The first-order chi connectivity index (χ1) is 6.69. The minimum atomic E-state index is -0.137. The largest absolute Gasteiger partial charge is 0.347 e. The van der Waals surface area contributed by atoms with Gasteiger partial charge in [0.05, 0.1) is 5.02 Å². The quantitative estimate of drug-likeness (QED) is 0.833. The number of thiophene rings is 1. The van der Waals surface area contributed by atoms with Crippen molar-refractivity contribution in [3.8, 4) is 0 Å². The fraction of sp³-hybridized carbons (Fsp3) is 0.444. The molecule has 0 saturated carbocycles. The fourth-order valence-corrected chi connectivity index (χ4v) is 2.08. The second kappa shape index (κ2) is 5.34. The van der Waals surface area contributed by atoms with Crippen molar-refractivity contribution in [1.29, 1.82) is 0 Å². The van der Waals surface area contributed by atoms with Gasteiger partial charge in [-0.15, -0.1) is 11.3 Å². The zero-order valence-corrected chi connectivity index (χ0v) is 9.49. The van der Waals surface area contributed by atoms with Crippen LogP contribution in [0.4, 0.5) is 0 Å². The summed E-state index contributed by atoms with van der Waals surface area (Å²) in [6.07, 6.45) is 0.825. The van der Waals surface area contributed by atoms with Crippen molar-refractivity contribution in [3.05, 3.63) is 21.3 Å². The molecule has 3 nitrogen and oxygen atoms in total. The first-order valence-electron chi connectivity index (χ1n) is 4.43. The number of nitrogens with one attached hydrogen (secondary N) is 1. The van der Waals surface area contributed by atoms with Crippen LogP contribution in [0.1, 0.15) is 23.0 Å². The lowest BCUT2D eigenvalue weighted by Gasteiger charge is -2.13. The summed E-state index contributed by atoms with van der Waals surface area (Å²) in [6.45, 7) is 2.43. The lowest BCUT2D eigenvalue weighted by atomic mass is 10.2. The van der Waals surface area contributed by atoms with E-state index in [4.69, 9.17) is 17.3 Å². The van der Waals surface area contributed by atoms with Crippen LogP contribution < -0.4 is 11.1 Å². The van der Waals surface area contributed by atoms with Gasteiger partial charge < -0.3 is 11.1 Å². The van der Waals surface area contributed by atoms with Crippen LogP contribution in [-0.4, -0.2) is 18.5 Å². The molecule has 14 heavy (non-hydrogen) atoms. The van der Waals surface area contributed by atoms with Crippen molar-refractivity contribution in [1.82, 2.24) is 5.32 Å². The molecule has 0 bridgehead atoms. The number of carbonyl (C=O) groups excluding carboxylic acids is 1. The molecule has 0 aliphatic carbocycles. The van der Waals surface area contributed by atoms with E-state index in [1.807, 2.05) is 6.92 Å². The van der Waals surface area contributed by atoms with Gasteiger partial charge in [-0.1, -0.05) is 18.5 Å². The Labute approximate surface area is 92.3 Å². The highest BCUT2D eigenvalue weighted by Gasteiger charge is 2.14. The summed E-state index contributed by atoms with van der Waals surface area (Å²) >= 11 is 7.16. The molecule has 0 radical (unpaired) electrons. The molecule has 1 aromatic rings. The van der Waals surface area contributed by atoms with E-state index >= 15 is 0 Å². The van der Waals surface area contributed by atoms with E-state index in [9.17, 15) is 4.79 Å². The lowest BCUT2D eigenvalue weighted by molar-refractivity contribution is 0.0941. The molecule has 1 aromatic heterocycles. The highest BCUT2D eigenvalue weighted by Crippen LogP contribution is 2.21. The van der Waals surface area contributed by atoms with Crippen molar-refractivity contribution in [2.45, 2.75) is 19.4 Å². The van der Waals surface area contributed by atoms with Crippen molar-refractivity contribution < 1.29 is 4.79 Å². The van der Waals surface area contributed by atoms with Crippen LogP contribution in [0, 0.1) is 0 Å². The fourth-order valence-electron chi connectivity index (χ4n) is 1.03. The topological polar surface area (TPSA) is 55.1 Å². The predicted molar refractivity (Wildman–Crippen MR) is 59.9 cm³/mol. The first kappa shape index (κ1) is 11.5. The first-order valence-corrected chi connectivity index (χ1v) is 5.68. The Morgan fingerprint density at radius 3 is 2.93 bits per heavy atom. The Morgan fingerprint density at radius 2 is 2.50 bits per heavy atom. The Balaban J connectivity index is 2.63. The minimum Gasteiger partial charge on any atom is -0.347 e. The van der Waals surface area contributed by atoms with Gasteiger partial charge in [0.1, 0.15) is 4.88 Å². The van der Waals surface area contributed by atoms with Gasteiger partial charge in [0, 0.05) is 12.6 Å². The molecule has 1 unspecified atom stereocenters. The second-order valence-corrected chi connectivity index (χ2v) is 4.24. The van der Waals surface area contributed by atoms with Crippen LogP contribution in [0.3, 0.4) is 0 Å². The van der Waals surface area contributed by atoms with E-state index < -0.39 is 0 Å². The van der Waals surface area contributed by atoms with Crippen LogP contribution in [0.2, 0.25) is 5.02 Å². The maximum absolute atomic E-state index is 11.6. The molecule has 1 heterocycles. The van der Waals surface area contributed by atoms with E-state index in [-0.39, 0.29) is 11.9 Å². The summed E-state index contributed by atoms with van der Waals surface area (Å²) in [5, 5.41) is 5.11. The molecule has 0 aliphatic rings. The number of halogens is 1. The normalized spacial score (nSPS) is 12.5. The average molecular weight is 233 g/mol. The molecule has 3 N–H and O–H groups in total. The third-order valence-electron chi connectivity index (χ3n) is 1.94. The maximum Gasteiger partial charge on any atom is 0.263 e. The van der Waals surface area contributed by atoms with Crippen LogP contribution in [0.5, 0.6) is 0 Å². The summed E-state index contributed by atoms with van der Waals surface area (Å²) in [6, 6.07) is 1.74. The van der Waals surface area contributed by atoms with Gasteiger partial charge in [0.2, 0.25) is 0 Å². The van der Waals surface area contributed by atoms with E-state index in [1.54, 1.807) is 11.4 Å². The van der Waals surface area contributed by atoms with Gasteiger partial charge in [0.15, 0.2) is 0 Å². The summed E-state index contributed by atoms with van der Waals surface area (Å²) in [5.74, 6) is -0.137. The van der Waals surface area contributed by atoms with E-state index in [1.165, 1.54) is 11.3 Å². The monoisotopic (exact) mass is 232 g/mol. The highest BCUT2D eigenvalue weighted by molar-refractivity contribution is 7.12. The van der Waals surface area contributed by atoms with Crippen molar-refractivity contribution in [3.63, 3.8) is 0 Å². The average Bonchev–Trinajstić information content (AvgIpc) is 2.60. The number of carbonyl (C=O) groups is 1. The lowest BCUT2D eigenvalue weighted by Crippen LogP contribution is -2.39. The number of nitrogens with two attached hydrogens (primary N) is 1. The van der Waals surface area contributed by atoms with Crippen molar-refractivity contribution >= 4 is 28.8 Å². The molecule has 0 spiro atoms. The van der Waals surface area contributed by atoms with E-state index in [0.717, 1.165) is 6.42 Å². The minimum absolute atomic E-state index is 0.0284. The molecule has 0 saturated heterocycles. The molecule has 1 rings (SSSR count). The Kier molecular flexibility index (Phi) is 4.38. The Morgan fingerprint density at radius 1 is 1.79 bits per heavy atom. The summed E-state index contributed by atoms with van der Waals surface area (Å²) in [4.78, 5) is 12.2. The van der Waals surface area contributed by atoms with E-state index in [2.05, 4.69) is 5.32 Å². The van der Waals surface area contributed by atoms with Gasteiger partial charge in [-0.05, 0) is 17.9 Å². The molecular formula is C9H13ClN2OS.